The summed E-state index contributed by atoms with van der Waals surface area (Å²) in [6, 6.07) is 0. The summed E-state index contributed by atoms with van der Waals surface area (Å²) in [5.41, 5.74) is 0. The Balaban J connectivity index is 2.72. The summed E-state index contributed by atoms with van der Waals surface area (Å²) in [5, 5.41) is 17.2. The van der Waals surface area contributed by atoms with Crippen molar-refractivity contribution < 1.29 is 14.6 Å². The molecule has 1 N–H and O–H groups in total. The van der Waals surface area contributed by atoms with E-state index in [4.69, 9.17) is 9.84 Å². The number of nitrogens with zero attached hydrogens (tertiary/aromatic N) is 3. The van der Waals surface area contributed by atoms with Crippen molar-refractivity contribution >= 4 is 17.7 Å². The van der Waals surface area contributed by atoms with E-state index in [1.165, 1.54) is 0 Å². The first kappa shape index (κ1) is 14.0. The van der Waals surface area contributed by atoms with Gasteiger partial charge < -0.3 is 14.4 Å². The average molecular weight is 259 g/mol. The Morgan fingerprint density at radius 2 is 2.12 bits per heavy atom. The minimum atomic E-state index is -0.869. The van der Waals surface area contributed by atoms with Gasteiger partial charge in [-0.3, -0.25) is 4.79 Å². The van der Waals surface area contributed by atoms with E-state index in [9.17, 15) is 4.79 Å². The first-order valence-corrected chi connectivity index (χ1v) is 6.29. The van der Waals surface area contributed by atoms with Gasteiger partial charge in [-0.15, -0.1) is 10.2 Å². The van der Waals surface area contributed by atoms with E-state index in [-0.39, 0.29) is 18.0 Å². The fourth-order valence-electron chi connectivity index (χ4n) is 1.40. The molecule has 0 bridgehead atoms. The van der Waals surface area contributed by atoms with Gasteiger partial charge in [0.1, 0.15) is 6.10 Å². The lowest BCUT2D eigenvalue weighted by Crippen LogP contribution is -2.12. The second-order valence-electron chi connectivity index (χ2n) is 3.91. The molecule has 1 aromatic rings. The van der Waals surface area contributed by atoms with Gasteiger partial charge in [0.15, 0.2) is 11.0 Å². The molecular weight excluding hydrogens is 242 g/mol. The number of carboxylic acids is 1. The summed E-state index contributed by atoms with van der Waals surface area (Å²) in [4.78, 5) is 10.5. The second kappa shape index (κ2) is 6.02. The van der Waals surface area contributed by atoms with Crippen molar-refractivity contribution in [2.75, 3.05) is 5.75 Å². The van der Waals surface area contributed by atoms with Crippen LogP contribution in [-0.4, -0.2) is 37.7 Å². The molecule has 1 rings (SSSR count). The summed E-state index contributed by atoms with van der Waals surface area (Å²) in [5.74, 6) is -0.191. The van der Waals surface area contributed by atoms with Crippen LogP contribution in [0.5, 0.6) is 0 Å². The van der Waals surface area contributed by atoms with Gasteiger partial charge in [-0.1, -0.05) is 11.8 Å². The minimum Gasteiger partial charge on any atom is -0.481 e. The van der Waals surface area contributed by atoms with E-state index in [2.05, 4.69) is 10.2 Å². The standard InChI is InChI=1S/C10H17N3O3S/c1-6(2)16-7(3)9-11-12-10(13(9)4)17-5-8(14)15/h6-7H,5H2,1-4H3,(H,14,15). The molecule has 1 heterocycles. The fourth-order valence-corrected chi connectivity index (χ4v) is 2.04. The van der Waals surface area contributed by atoms with Crippen LogP contribution in [0.2, 0.25) is 0 Å². The van der Waals surface area contributed by atoms with Crippen LogP contribution in [0.1, 0.15) is 32.7 Å². The smallest absolute Gasteiger partial charge is 0.313 e. The molecule has 0 aliphatic rings. The highest BCUT2D eigenvalue weighted by molar-refractivity contribution is 7.99. The van der Waals surface area contributed by atoms with Crippen LogP contribution in [0.3, 0.4) is 0 Å². The topological polar surface area (TPSA) is 77.2 Å². The Morgan fingerprint density at radius 1 is 1.47 bits per heavy atom. The number of carboxylic acid groups (broad SMARTS) is 1. The molecule has 1 atom stereocenters. The predicted octanol–water partition coefficient (Wildman–Crippen LogP) is 1.48. The van der Waals surface area contributed by atoms with Crippen molar-refractivity contribution in [1.82, 2.24) is 14.8 Å². The lowest BCUT2D eigenvalue weighted by molar-refractivity contribution is -0.133. The normalized spacial score (nSPS) is 13.0. The number of hydrogen-bond acceptors (Lipinski definition) is 5. The maximum absolute atomic E-state index is 10.5. The molecule has 0 aromatic carbocycles. The molecule has 17 heavy (non-hydrogen) atoms. The minimum absolute atomic E-state index is 0.0224. The maximum Gasteiger partial charge on any atom is 0.313 e. The summed E-state index contributed by atoms with van der Waals surface area (Å²) >= 11 is 1.15. The number of hydrogen-bond donors (Lipinski definition) is 1. The summed E-state index contributed by atoms with van der Waals surface area (Å²) < 4.78 is 7.37. The second-order valence-corrected chi connectivity index (χ2v) is 4.85. The molecule has 96 valence electrons. The van der Waals surface area contributed by atoms with Crippen LogP contribution < -0.4 is 0 Å². The molecule has 0 fully saturated rings. The SMILES string of the molecule is CC(C)OC(C)c1nnc(SCC(=O)O)n1C. The zero-order chi connectivity index (χ0) is 13.0. The first-order valence-electron chi connectivity index (χ1n) is 5.31. The Bertz CT molecular complexity index is 392. The van der Waals surface area contributed by atoms with E-state index < -0.39 is 5.97 Å². The van der Waals surface area contributed by atoms with Crippen LogP contribution in [0.15, 0.2) is 5.16 Å². The Labute approximate surface area is 104 Å². The van der Waals surface area contributed by atoms with Crippen molar-refractivity contribution in [3.05, 3.63) is 5.82 Å². The average Bonchev–Trinajstić information content (AvgIpc) is 2.55. The summed E-state index contributed by atoms with van der Waals surface area (Å²) in [6.07, 6.45) is -0.0523. The van der Waals surface area contributed by atoms with Crippen molar-refractivity contribution in [3.63, 3.8) is 0 Å². The van der Waals surface area contributed by atoms with Gasteiger partial charge in [-0.25, -0.2) is 0 Å². The highest BCUT2D eigenvalue weighted by Crippen LogP contribution is 2.21. The highest BCUT2D eigenvalue weighted by atomic mass is 32.2. The molecule has 7 heteroatoms. The first-order chi connectivity index (χ1) is 7.91. The van der Waals surface area contributed by atoms with E-state index in [1.54, 1.807) is 11.6 Å². The number of aliphatic carboxylic acids is 1. The molecule has 0 aliphatic carbocycles. The van der Waals surface area contributed by atoms with Crippen molar-refractivity contribution in [3.8, 4) is 0 Å². The van der Waals surface area contributed by atoms with Crippen molar-refractivity contribution in [1.29, 1.82) is 0 Å². The third-order valence-electron chi connectivity index (χ3n) is 2.03. The van der Waals surface area contributed by atoms with Crippen LogP contribution in [-0.2, 0) is 16.6 Å². The Kier molecular flexibility index (Phi) is 4.95. The molecular formula is C10H17N3O3S. The Morgan fingerprint density at radius 3 is 2.65 bits per heavy atom. The van der Waals surface area contributed by atoms with Gasteiger partial charge in [-0.2, -0.15) is 0 Å². The number of ether oxygens (including phenoxy) is 1. The zero-order valence-corrected chi connectivity index (χ0v) is 11.2. The zero-order valence-electron chi connectivity index (χ0n) is 10.4. The molecule has 0 aliphatic heterocycles. The van der Waals surface area contributed by atoms with Gasteiger partial charge in [-0.05, 0) is 20.8 Å². The molecule has 1 unspecified atom stereocenters. The summed E-state index contributed by atoms with van der Waals surface area (Å²) in [7, 11) is 1.81. The number of carbonyl (C=O) groups is 1. The molecule has 0 saturated carbocycles. The van der Waals surface area contributed by atoms with Crippen LogP contribution >= 0.6 is 11.8 Å². The third-order valence-corrected chi connectivity index (χ3v) is 3.04. The van der Waals surface area contributed by atoms with Crippen LogP contribution in [0.25, 0.3) is 0 Å². The van der Waals surface area contributed by atoms with Gasteiger partial charge >= 0.3 is 5.97 Å². The van der Waals surface area contributed by atoms with Crippen molar-refractivity contribution in [2.24, 2.45) is 7.05 Å². The molecule has 0 spiro atoms. The van der Waals surface area contributed by atoms with Gasteiger partial charge in [0.05, 0.1) is 11.9 Å². The summed E-state index contributed by atoms with van der Waals surface area (Å²) in [6.45, 7) is 5.80. The monoisotopic (exact) mass is 259 g/mol. The largest absolute Gasteiger partial charge is 0.481 e. The molecule has 0 saturated heterocycles. The predicted molar refractivity (Wildman–Crippen MR) is 64.0 cm³/mol. The van der Waals surface area contributed by atoms with Gasteiger partial charge in [0.2, 0.25) is 0 Å². The lowest BCUT2D eigenvalue weighted by Gasteiger charge is -2.15. The lowest BCUT2D eigenvalue weighted by atomic mass is 10.3. The molecule has 0 amide bonds. The van der Waals surface area contributed by atoms with Gasteiger partial charge in [0, 0.05) is 7.05 Å². The Hall–Kier alpha value is -1.08. The number of thioether (sulfide) groups is 1. The quantitative estimate of drug-likeness (QED) is 0.780. The van der Waals surface area contributed by atoms with Gasteiger partial charge in [0.25, 0.3) is 0 Å². The van der Waals surface area contributed by atoms with Crippen LogP contribution in [0, 0.1) is 0 Å². The number of aromatic nitrogens is 3. The third kappa shape index (κ3) is 4.01. The van der Waals surface area contributed by atoms with E-state index in [0.717, 1.165) is 11.8 Å². The molecule has 0 radical (unpaired) electrons. The van der Waals surface area contributed by atoms with Crippen molar-refractivity contribution in [2.45, 2.75) is 38.1 Å². The molecule has 6 nitrogen and oxygen atoms in total. The van der Waals surface area contributed by atoms with E-state index in [0.29, 0.717) is 11.0 Å². The van der Waals surface area contributed by atoms with E-state index >= 15 is 0 Å². The number of rotatable bonds is 6. The van der Waals surface area contributed by atoms with E-state index in [1.807, 2.05) is 20.8 Å². The fraction of sp³-hybridized carbons (Fsp3) is 0.700. The van der Waals surface area contributed by atoms with Crippen LogP contribution in [0.4, 0.5) is 0 Å². The maximum atomic E-state index is 10.5. The molecule has 1 aromatic heterocycles. The highest BCUT2D eigenvalue weighted by Gasteiger charge is 2.17.